The van der Waals surface area contributed by atoms with E-state index in [1.54, 1.807) is 6.08 Å². The molecule has 0 saturated carbocycles. The highest BCUT2D eigenvalue weighted by Gasteiger charge is 2.10. The van der Waals surface area contributed by atoms with E-state index >= 15 is 0 Å². The van der Waals surface area contributed by atoms with E-state index in [1.165, 1.54) is 0 Å². The van der Waals surface area contributed by atoms with E-state index in [1.807, 2.05) is 0 Å². The fourth-order valence-corrected chi connectivity index (χ4v) is 0.690. The Morgan fingerprint density at radius 3 is 3.22 bits per heavy atom. The summed E-state index contributed by atoms with van der Waals surface area (Å²) < 4.78 is 2.27. The standard InChI is InChI=1S/C4H5BrN2O2/c5-6-4(8)3-1-2-9-7-3/h1,7H,2H2,(H,6,8). The molecule has 1 heterocycles. The molecule has 0 atom stereocenters. The first-order valence-corrected chi connectivity index (χ1v) is 3.13. The molecule has 0 aromatic heterocycles. The first kappa shape index (κ1) is 6.57. The molecule has 0 fully saturated rings. The quantitative estimate of drug-likeness (QED) is 0.568. The summed E-state index contributed by atoms with van der Waals surface area (Å²) in [5.41, 5.74) is 2.86. The maximum absolute atomic E-state index is 10.6. The van der Waals surface area contributed by atoms with E-state index in [2.05, 4.69) is 30.8 Å². The molecular formula is C4H5BrN2O2. The fraction of sp³-hybridized carbons (Fsp3) is 0.250. The zero-order valence-corrected chi connectivity index (χ0v) is 6.06. The van der Waals surface area contributed by atoms with Crippen LogP contribution in [-0.4, -0.2) is 12.5 Å². The molecule has 5 heteroatoms. The molecule has 1 rings (SSSR count). The van der Waals surface area contributed by atoms with Crippen molar-refractivity contribution in [2.75, 3.05) is 6.61 Å². The molecule has 50 valence electrons. The van der Waals surface area contributed by atoms with Crippen LogP contribution >= 0.6 is 16.1 Å². The summed E-state index contributed by atoms with van der Waals surface area (Å²) >= 11 is 2.79. The van der Waals surface area contributed by atoms with Gasteiger partial charge in [-0.2, -0.15) is 0 Å². The normalized spacial score (nSPS) is 16.3. The lowest BCUT2D eigenvalue weighted by Gasteiger charge is -1.97. The second kappa shape index (κ2) is 2.84. The van der Waals surface area contributed by atoms with Crippen molar-refractivity contribution in [3.63, 3.8) is 0 Å². The van der Waals surface area contributed by atoms with Gasteiger partial charge in [-0.1, -0.05) is 0 Å². The average molecular weight is 193 g/mol. The Bertz CT molecular complexity index is 157. The van der Waals surface area contributed by atoms with Crippen LogP contribution in [0.4, 0.5) is 0 Å². The molecule has 4 nitrogen and oxygen atoms in total. The maximum atomic E-state index is 10.6. The summed E-state index contributed by atoms with van der Waals surface area (Å²) in [5.74, 6) is -0.229. The van der Waals surface area contributed by atoms with E-state index in [0.29, 0.717) is 12.3 Å². The Hall–Kier alpha value is -0.550. The van der Waals surface area contributed by atoms with Gasteiger partial charge in [0.25, 0.3) is 5.91 Å². The van der Waals surface area contributed by atoms with Gasteiger partial charge in [0.2, 0.25) is 0 Å². The first-order valence-electron chi connectivity index (χ1n) is 2.33. The van der Waals surface area contributed by atoms with Gasteiger partial charge in [-0.3, -0.25) is 19.5 Å². The van der Waals surface area contributed by atoms with Crippen LogP contribution in [0.25, 0.3) is 0 Å². The number of rotatable bonds is 1. The lowest BCUT2D eigenvalue weighted by molar-refractivity contribution is -0.116. The molecule has 9 heavy (non-hydrogen) atoms. The molecule has 1 aliphatic rings. The van der Waals surface area contributed by atoms with Crippen LogP contribution in [0.2, 0.25) is 0 Å². The summed E-state index contributed by atoms with van der Waals surface area (Å²) in [6, 6.07) is 0. The van der Waals surface area contributed by atoms with Crippen molar-refractivity contribution in [3.8, 4) is 0 Å². The Labute approximate surface area is 60.5 Å². The lowest BCUT2D eigenvalue weighted by atomic mass is 10.4. The van der Waals surface area contributed by atoms with Crippen molar-refractivity contribution in [1.29, 1.82) is 0 Å². The minimum atomic E-state index is -0.229. The summed E-state index contributed by atoms with van der Waals surface area (Å²) in [7, 11) is 0. The van der Waals surface area contributed by atoms with Gasteiger partial charge in [-0.25, -0.2) is 0 Å². The SMILES string of the molecule is O=C(NBr)C1=CCON1. The summed E-state index contributed by atoms with van der Waals surface area (Å²) in [4.78, 5) is 15.3. The van der Waals surface area contributed by atoms with Crippen LogP contribution in [0.3, 0.4) is 0 Å². The van der Waals surface area contributed by atoms with E-state index in [0.717, 1.165) is 0 Å². The number of hydrogen-bond donors (Lipinski definition) is 2. The maximum Gasteiger partial charge on any atom is 0.279 e. The molecule has 0 aliphatic carbocycles. The van der Waals surface area contributed by atoms with Gasteiger partial charge in [0.1, 0.15) is 5.70 Å². The topological polar surface area (TPSA) is 50.4 Å². The van der Waals surface area contributed by atoms with Crippen molar-refractivity contribution in [1.82, 2.24) is 9.82 Å². The number of carbonyl (C=O) groups is 1. The number of carbonyl (C=O) groups excluding carboxylic acids is 1. The smallest absolute Gasteiger partial charge is 0.279 e. The molecule has 1 amide bonds. The van der Waals surface area contributed by atoms with Gasteiger partial charge < -0.3 is 0 Å². The van der Waals surface area contributed by atoms with Crippen LogP contribution < -0.4 is 9.82 Å². The third-order valence-electron chi connectivity index (χ3n) is 0.883. The van der Waals surface area contributed by atoms with Crippen LogP contribution in [0.5, 0.6) is 0 Å². The Balaban J connectivity index is 2.51. The molecule has 0 radical (unpaired) electrons. The summed E-state index contributed by atoms with van der Waals surface area (Å²) in [5, 5.41) is 0. The number of hydrogen-bond acceptors (Lipinski definition) is 3. The molecular weight excluding hydrogens is 188 g/mol. The van der Waals surface area contributed by atoms with Crippen LogP contribution in [-0.2, 0) is 9.63 Å². The van der Waals surface area contributed by atoms with Crippen molar-refractivity contribution >= 4 is 22.1 Å². The van der Waals surface area contributed by atoms with E-state index < -0.39 is 0 Å². The van der Waals surface area contributed by atoms with E-state index in [-0.39, 0.29) is 5.91 Å². The molecule has 0 saturated heterocycles. The van der Waals surface area contributed by atoms with Crippen LogP contribution in [0, 0.1) is 0 Å². The molecule has 0 bridgehead atoms. The molecule has 1 aliphatic heterocycles. The van der Waals surface area contributed by atoms with Gasteiger partial charge in [-0.05, 0) is 6.08 Å². The zero-order valence-electron chi connectivity index (χ0n) is 4.48. The minimum Gasteiger partial charge on any atom is -0.287 e. The predicted molar refractivity (Wildman–Crippen MR) is 34.2 cm³/mol. The van der Waals surface area contributed by atoms with Crippen molar-refractivity contribution in [2.24, 2.45) is 0 Å². The van der Waals surface area contributed by atoms with Gasteiger partial charge >= 0.3 is 0 Å². The van der Waals surface area contributed by atoms with Gasteiger partial charge in [0.15, 0.2) is 0 Å². The highest BCUT2D eigenvalue weighted by molar-refractivity contribution is 9.08. The largest absolute Gasteiger partial charge is 0.287 e. The first-order chi connectivity index (χ1) is 4.34. The number of amides is 1. The van der Waals surface area contributed by atoms with Crippen LogP contribution in [0.15, 0.2) is 11.8 Å². The third kappa shape index (κ3) is 1.43. The second-order valence-corrected chi connectivity index (χ2v) is 1.85. The Morgan fingerprint density at radius 1 is 2.00 bits per heavy atom. The Morgan fingerprint density at radius 2 is 2.78 bits per heavy atom. The summed E-state index contributed by atoms with van der Waals surface area (Å²) in [6.45, 7) is 0.440. The van der Waals surface area contributed by atoms with Crippen molar-refractivity contribution in [2.45, 2.75) is 0 Å². The predicted octanol–water partition coefficient (Wildman–Crippen LogP) is -0.169. The Kier molecular flexibility index (Phi) is 2.07. The minimum absolute atomic E-state index is 0.229. The highest BCUT2D eigenvalue weighted by Crippen LogP contribution is 1.97. The van der Waals surface area contributed by atoms with E-state index in [9.17, 15) is 4.79 Å². The van der Waals surface area contributed by atoms with Crippen molar-refractivity contribution in [3.05, 3.63) is 11.8 Å². The van der Waals surface area contributed by atoms with Gasteiger partial charge in [-0.15, -0.1) is 0 Å². The highest BCUT2D eigenvalue weighted by atomic mass is 79.9. The molecule has 0 spiro atoms. The molecule has 0 aromatic carbocycles. The number of hydroxylamine groups is 1. The summed E-state index contributed by atoms with van der Waals surface area (Å²) in [6.07, 6.45) is 1.65. The number of halogens is 1. The van der Waals surface area contributed by atoms with Gasteiger partial charge in [0, 0.05) is 16.1 Å². The number of nitrogens with one attached hydrogen (secondary N) is 2. The fourth-order valence-electron chi connectivity index (χ4n) is 0.476. The molecule has 2 N–H and O–H groups in total. The molecule has 0 aromatic rings. The lowest BCUT2D eigenvalue weighted by Crippen LogP contribution is -2.22. The zero-order chi connectivity index (χ0) is 6.69. The third-order valence-corrected chi connectivity index (χ3v) is 1.24. The van der Waals surface area contributed by atoms with E-state index in [4.69, 9.17) is 0 Å². The molecule has 0 unspecified atom stereocenters. The van der Waals surface area contributed by atoms with Crippen molar-refractivity contribution < 1.29 is 9.63 Å². The monoisotopic (exact) mass is 192 g/mol. The van der Waals surface area contributed by atoms with Gasteiger partial charge in [0.05, 0.1) is 6.61 Å². The average Bonchev–Trinajstić information content (AvgIpc) is 2.37. The van der Waals surface area contributed by atoms with Crippen LogP contribution in [0.1, 0.15) is 0 Å². The second-order valence-electron chi connectivity index (χ2n) is 1.45.